The van der Waals surface area contributed by atoms with E-state index in [0.717, 1.165) is 41.1 Å². The van der Waals surface area contributed by atoms with Gasteiger partial charge in [0.15, 0.2) is 5.75 Å². The van der Waals surface area contributed by atoms with Crippen molar-refractivity contribution in [3.63, 3.8) is 0 Å². The molecule has 0 spiro atoms. The Labute approximate surface area is 141 Å². The summed E-state index contributed by atoms with van der Waals surface area (Å²) in [5, 5.41) is 6.15. The van der Waals surface area contributed by atoms with Crippen LogP contribution in [0.15, 0.2) is 41.8 Å². The van der Waals surface area contributed by atoms with Crippen LogP contribution in [0.25, 0.3) is 5.65 Å². The highest BCUT2D eigenvalue weighted by molar-refractivity contribution is 5.60. The van der Waals surface area contributed by atoms with E-state index in [9.17, 15) is 0 Å². The van der Waals surface area contributed by atoms with E-state index in [0.29, 0.717) is 5.75 Å². The zero-order chi connectivity index (χ0) is 17.1. The number of aromatic nitrogens is 2. The molecule has 0 unspecified atom stereocenters. The van der Waals surface area contributed by atoms with Gasteiger partial charge in [0.25, 0.3) is 0 Å². The SMILES string of the molecule is CNc1cccc(CCc2nc3cc(C)ccn3c2C)c1ON=N. The fourth-order valence-electron chi connectivity index (χ4n) is 2.94. The van der Waals surface area contributed by atoms with Crippen molar-refractivity contribution in [1.82, 2.24) is 9.38 Å². The summed E-state index contributed by atoms with van der Waals surface area (Å²) in [6.45, 7) is 4.16. The first kappa shape index (κ1) is 16.0. The van der Waals surface area contributed by atoms with Gasteiger partial charge in [-0.1, -0.05) is 12.1 Å². The molecule has 2 heterocycles. The largest absolute Gasteiger partial charge is 0.385 e. The lowest BCUT2D eigenvalue weighted by Crippen LogP contribution is -2.00. The highest BCUT2D eigenvalue weighted by atomic mass is 16.6. The monoisotopic (exact) mass is 323 g/mol. The lowest BCUT2D eigenvalue weighted by atomic mass is 10.1. The first-order valence-electron chi connectivity index (χ1n) is 7.91. The highest BCUT2D eigenvalue weighted by Gasteiger charge is 2.13. The van der Waals surface area contributed by atoms with E-state index in [4.69, 9.17) is 15.4 Å². The molecule has 0 amide bonds. The van der Waals surface area contributed by atoms with Gasteiger partial charge in [-0.15, -0.1) is 0 Å². The zero-order valence-electron chi connectivity index (χ0n) is 14.1. The molecule has 2 N–H and O–H groups in total. The number of imidazole rings is 1. The Morgan fingerprint density at radius 1 is 1.25 bits per heavy atom. The Morgan fingerprint density at radius 3 is 2.83 bits per heavy atom. The van der Waals surface area contributed by atoms with E-state index < -0.39 is 0 Å². The van der Waals surface area contributed by atoms with Crippen molar-refractivity contribution in [3.05, 3.63) is 59.0 Å². The number of rotatable bonds is 6. The molecule has 6 heteroatoms. The molecule has 0 aliphatic heterocycles. The molecule has 1 aromatic carbocycles. The van der Waals surface area contributed by atoms with Gasteiger partial charge in [-0.25, -0.2) is 4.98 Å². The molecule has 0 aliphatic carbocycles. The number of nitrogens with zero attached hydrogens (tertiary/aromatic N) is 3. The molecule has 0 saturated carbocycles. The first-order chi connectivity index (χ1) is 11.6. The molecule has 0 saturated heterocycles. The van der Waals surface area contributed by atoms with Crippen molar-refractivity contribution >= 4 is 11.3 Å². The van der Waals surface area contributed by atoms with Gasteiger partial charge in [-0.05, 0) is 50.5 Å². The summed E-state index contributed by atoms with van der Waals surface area (Å²) < 4.78 is 2.11. The summed E-state index contributed by atoms with van der Waals surface area (Å²) in [5.74, 6) is 0.604. The van der Waals surface area contributed by atoms with Crippen molar-refractivity contribution < 1.29 is 4.84 Å². The maximum atomic E-state index is 6.99. The third-order valence-electron chi connectivity index (χ3n) is 4.25. The van der Waals surface area contributed by atoms with Gasteiger partial charge in [-0.3, -0.25) is 0 Å². The second-order valence-corrected chi connectivity index (χ2v) is 5.80. The van der Waals surface area contributed by atoms with E-state index in [-0.39, 0.29) is 0 Å². The zero-order valence-corrected chi connectivity index (χ0v) is 14.1. The number of para-hydroxylation sites is 1. The van der Waals surface area contributed by atoms with Crippen molar-refractivity contribution in [2.45, 2.75) is 26.7 Å². The summed E-state index contributed by atoms with van der Waals surface area (Å²) in [6, 6.07) is 10.0. The third kappa shape index (κ3) is 2.95. The van der Waals surface area contributed by atoms with Crippen LogP contribution in [0.4, 0.5) is 5.69 Å². The van der Waals surface area contributed by atoms with E-state index in [1.165, 1.54) is 5.56 Å². The predicted molar refractivity (Wildman–Crippen MR) is 93.8 cm³/mol. The van der Waals surface area contributed by atoms with E-state index in [1.54, 1.807) is 0 Å². The molecule has 2 aromatic heterocycles. The number of hydrogen-bond donors (Lipinski definition) is 2. The smallest absolute Gasteiger partial charge is 0.186 e. The lowest BCUT2D eigenvalue weighted by Gasteiger charge is -2.11. The second kappa shape index (κ2) is 6.70. The number of pyridine rings is 1. The van der Waals surface area contributed by atoms with Gasteiger partial charge in [0.2, 0.25) is 0 Å². The topological polar surface area (TPSA) is 74.8 Å². The molecule has 0 atom stereocenters. The van der Waals surface area contributed by atoms with Crippen LogP contribution in [0.2, 0.25) is 0 Å². The number of nitrogens with one attached hydrogen (secondary N) is 2. The van der Waals surface area contributed by atoms with Crippen molar-refractivity contribution in [3.8, 4) is 5.75 Å². The molecule has 24 heavy (non-hydrogen) atoms. The average molecular weight is 323 g/mol. The van der Waals surface area contributed by atoms with E-state index >= 15 is 0 Å². The molecule has 0 aliphatic rings. The molecule has 3 aromatic rings. The number of anilines is 1. The number of benzene rings is 1. The molecule has 0 fully saturated rings. The van der Waals surface area contributed by atoms with Crippen LogP contribution in [0, 0.1) is 19.4 Å². The molecule has 124 valence electrons. The molecular formula is C18H21N5O. The van der Waals surface area contributed by atoms with Gasteiger partial charge in [0, 0.05) is 29.8 Å². The molecule has 0 bridgehead atoms. The Hall–Kier alpha value is -2.89. The minimum Gasteiger partial charge on any atom is -0.385 e. The van der Waals surface area contributed by atoms with E-state index in [2.05, 4.69) is 47.2 Å². The molecule has 0 radical (unpaired) electrons. The quantitative estimate of drug-likeness (QED) is 0.529. The van der Waals surface area contributed by atoms with Crippen LogP contribution < -0.4 is 10.2 Å². The van der Waals surface area contributed by atoms with Gasteiger partial charge in [-0.2, -0.15) is 5.53 Å². The Bertz CT molecular complexity index is 884. The molecular weight excluding hydrogens is 302 g/mol. The molecule has 6 nitrogen and oxygen atoms in total. The maximum Gasteiger partial charge on any atom is 0.186 e. The van der Waals surface area contributed by atoms with Gasteiger partial charge in [0.1, 0.15) is 5.65 Å². The second-order valence-electron chi connectivity index (χ2n) is 5.80. The minimum absolute atomic E-state index is 0.604. The summed E-state index contributed by atoms with van der Waals surface area (Å²) in [6.07, 6.45) is 3.63. The third-order valence-corrected chi connectivity index (χ3v) is 4.25. The minimum atomic E-state index is 0.604. The number of hydrogen-bond acceptors (Lipinski definition) is 5. The Morgan fingerprint density at radius 2 is 2.08 bits per heavy atom. The van der Waals surface area contributed by atoms with Crippen LogP contribution in [-0.4, -0.2) is 16.4 Å². The Balaban J connectivity index is 1.88. The number of fused-ring (bicyclic) bond motifs is 1. The van der Waals surface area contributed by atoms with Gasteiger partial charge in [0.05, 0.1) is 11.4 Å². The lowest BCUT2D eigenvalue weighted by molar-refractivity contribution is 0.297. The van der Waals surface area contributed by atoms with Crippen LogP contribution >= 0.6 is 0 Å². The van der Waals surface area contributed by atoms with Crippen LogP contribution in [-0.2, 0) is 12.8 Å². The maximum absolute atomic E-state index is 6.99. The van der Waals surface area contributed by atoms with E-state index in [1.807, 2.05) is 25.2 Å². The van der Waals surface area contributed by atoms with Crippen molar-refractivity contribution in [1.29, 1.82) is 5.53 Å². The summed E-state index contributed by atoms with van der Waals surface area (Å²) in [7, 11) is 1.82. The van der Waals surface area contributed by atoms with Gasteiger partial charge >= 0.3 is 0 Å². The summed E-state index contributed by atoms with van der Waals surface area (Å²) in [5.41, 5.74) is 13.2. The summed E-state index contributed by atoms with van der Waals surface area (Å²) >= 11 is 0. The summed E-state index contributed by atoms with van der Waals surface area (Å²) in [4.78, 5) is 9.91. The first-order valence-corrected chi connectivity index (χ1v) is 7.91. The fraction of sp³-hybridized carbons (Fsp3) is 0.278. The average Bonchev–Trinajstić information content (AvgIpc) is 2.89. The molecule has 3 rings (SSSR count). The van der Waals surface area contributed by atoms with Gasteiger partial charge < -0.3 is 14.6 Å². The van der Waals surface area contributed by atoms with Crippen LogP contribution in [0.1, 0.15) is 22.5 Å². The van der Waals surface area contributed by atoms with Crippen LogP contribution in [0.5, 0.6) is 5.75 Å². The van der Waals surface area contributed by atoms with Crippen LogP contribution in [0.3, 0.4) is 0 Å². The fourth-order valence-corrected chi connectivity index (χ4v) is 2.94. The highest BCUT2D eigenvalue weighted by Crippen LogP contribution is 2.30. The van der Waals surface area contributed by atoms with Crippen molar-refractivity contribution in [2.75, 3.05) is 12.4 Å². The predicted octanol–water partition coefficient (Wildman–Crippen LogP) is 4.10. The standard InChI is InChI=1S/C18H21N5O/c1-12-9-10-23-13(2)15(21-17(23)11-12)8-7-14-5-4-6-16(20-3)18(14)24-22-19/h4-6,9-11,19-20H,7-8H2,1-3H3. The Kier molecular flexibility index (Phi) is 4.46. The normalized spacial score (nSPS) is 10.8. The number of aryl methyl sites for hydroxylation is 4. The van der Waals surface area contributed by atoms with Crippen molar-refractivity contribution in [2.24, 2.45) is 5.28 Å².